The van der Waals surface area contributed by atoms with Gasteiger partial charge >= 0.3 is 0 Å². The molecule has 1 aliphatic rings. The summed E-state index contributed by atoms with van der Waals surface area (Å²) < 4.78 is 7.20. The minimum atomic E-state index is -0.00991. The fourth-order valence-electron chi connectivity index (χ4n) is 3.95. The van der Waals surface area contributed by atoms with Crippen molar-refractivity contribution in [1.29, 1.82) is 0 Å². The molecule has 0 spiro atoms. The highest BCUT2D eigenvalue weighted by molar-refractivity contribution is 5.95. The monoisotopic (exact) mass is 419 g/mol. The quantitative estimate of drug-likeness (QED) is 0.589. The van der Waals surface area contributed by atoms with Crippen LogP contribution in [0.2, 0.25) is 0 Å². The van der Waals surface area contributed by atoms with Crippen molar-refractivity contribution in [2.45, 2.75) is 26.4 Å². The molecule has 3 aromatic rings. The first-order valence-electron chi connectivity index (χ1n) is 10.7. The van der Waals surface area contributed by atoms with E-state index < -0.39 is 0 Å². The van der Waals surface area contributed by atoms with E-state index in [9.17, 15) is 4.79 Å². The number of morpholine rings is 1. The number of ether oxygens (including phenoxy) is 1. The van der Waals surface area contributed by atoms with Gasteiger partial charge in [0.05, 0.1) is 30.7 Å². The van der Waals surface area contributed by atoms with Crippen molar-refractivity contribution < 1.29 is 9.53 Å². The molecule has 7 nitrogen and oxygen atoms in total. The normalized spacial score (nSPS) is 15.5. The number of rotatable bonds is 7. The first kappa shape index (κ1) is 21.2. The number of carbonyl (C=O) groups is 1. The molecule has 2 aromatic heterocycles. The van der Waals surface area contributed by atoms with Crippen molar-refractivity contribution >= 4 is 5.91 Å². The lowest BCUT2D eigenvalue weighted by atomic mass is 10.1. The Kier molecular flexibility index (Phi) is 6.74. The Bertz CT molecular complexity index is 984. The van der Waals surface area contributed by atoms with Gasteiger partial charge < -0.3 is 9.64 Å². The smallest absolute Gasteiger partial charge is 0.257 e. The highest BCUT2D eigenvalue weighted by Gasteiger charge is 2.27. The van der Waals surface area contributed by atoms with Crippen LogP contribution in [0, 0.1) is 6.92 Å². The molecule has 0 aliphatic carbocycles. The van der Waals surface area contributed by atoms with Crippen LogP contribution in [0.4, 0.5) is 0 Å². The molecular formula is C24H29N5O2. The van der Waals surface area contributed by atoms with Crippen LogP contribution in [0.25, 0.3) is 5.82 Å². The lowest BCUT2D eigenvalue weighted by molar-refractivity contribution is 0.0228. The van der Waals surface area contributed by atoms with Crippen LogP contribution in [-0.2, 0) is 11.3 Å². The van der Waals surface area contributed by atoms with E-state index in [1.165, 1.54) is 0 Å². The van der Waals surface area contributed by atoms with Gasteiger partial charge in [0.2, 0.25) is 0 Å². The zero-order chi connectivity index (χ0) is 21.6. The number of pyridine rings is 1. The molecule has 7 heteroatoms. The second kappa shape index (κ2) is 9.85. The predicted octanol–water partition coefficient (Wildman–Crippen LogP) is 2.94. The van der Waals surface area contributed by atoms with Crippen LogP contribution in [0.1, 0.15) is 28.5 Å². The summed E-state index contributed by atoms with van der Waals surface area (Å²) in [5.74, 6) is 0.694. The van der Waals surface area contributed by atoms with Crippen LogP contribution in [0.3, 0.4) is 0 Å². The summed E-state index contributed by atoms with van der Waals surface area (Å²) in [6.07, 6.45) is 3.38. The lowest BCUT2D eigenvalue weighted by Crippen LogP contribution is -2.48. The minimum absolute atomic E-state index is 0.00991. The van der Waals surface area contributed by atoms with Gasteiger partial charge in [0.1, 0.15) is 0 Å². The number of carbonyl (C=O) groups excluding carboxylic acids is 1. The maximum absolute atomic E-state index is 13.7. The molecule has 0 N–H and O–H groups in total. The van der Waals surface area contributed by atoms with Crippen molar-refractivity contribution in [2.75, 3.05) is 32.8 Å². The average Bonchev–Trinajstić information content (AvgIpc) is 3.20. The molecule has 31 heavy (non-hydrogen) atoms. The summed E-state index contributed by atoms with van der Waals surface area (Å²) in [7, 11) is 0. The summed E-state index contributed by atoms with van der Waals surface area (Å²) in [4.78, 5) is 22.4. The minimum Gasteiger partial charge on any atom is -0.379 e. The molecule has 1 amide bonds. The van der Waals surface area contributed by atoms with Gasteiger partial charge in [-0.25, -0.2) is 9.67 Å². The third kappa shape index (κ3) is 5.00. The molecular weight excluding hydrogens is 390 g/mol. The third-order valence-corrected chi connectivity index (χ3v) is 5.72. The molecule has 162 valence electrons. The highest BCUT2D eigenvalue weighted by atomic mass is 16.5. The van der Waals surface area contributed by atoms with E-state index in [2.05, 4.69) is 34.0 Å². The van der Waals surface area contributed by atoms with Gasteiger partial charge in [0.15, 0.2) is 5.82 Å². The average molecular weight is 420 g/mol. The molecule has 0 saturated carbocycles. The van der Waals surface area contributed by atoms with Gasteiger partial charge in [-0.3, -0.25) is 9.69 Å². The van der Waals surface area contributed by atoms with E-state index in [-0.39, 0.29) is 11.9 Å². The molecule has 1 aromatic carbocycles. The Morgan fingerprint density at radius 3 is 2.58 bits per heavy atom. The third-order valence-electron chi connectivity index (χ3n) is 5.72. The lowest BCUT2D eigenvalue weighted by Gasteiger charge is -2.35. The van der Waals surface area contributed by atoms with E-state index in [1.54, 1.807) is 17.1 Å². The van der Waals surface area contributed by atoms with Crippen LogP contribution in [0.15, 0.2) is 60.9 Å². The first-order chi connectivity index (χ1) is 15.1. The SMILES string of the molecule is Cc1c(C(=O)N(Cc2ccccc2)C(C)CN2CCOCC2)cnn1-c1ccccn1. The number of aromatic nitrogens is 3. The summed E-state index contributed by atoms with van der Waals surface area (Å²) in [6.45, 7) is 8.69. The molecule has 0 bridgehead atoms. The van der Waals surface area contributed by atoms with Gasteiger partial charge in [-0.2, -0.15) is 5.10 Å². The largest absolute Gasteiger partial charge is 0.379 e. The van der Waals surface area contributed by atoms with Crippen LogP contribution in [-0.4, -0.2) is 69.4 Å². The topological polar surface area (TPSA) is 63.5 Å². The van der Waals surface area contributed by atoms with Gasteiger partial charge in [0.25, 0.3) is 5.91 Å². The van der Waals surface area contributed by atoms with Gasteiger partial charge in [0, 0.05) is 38.4 Å². The second-order valence-electron chi connectivity index (χ2n) is 7.92. The molecule has 4 rings (SSSR count). The summed E-state index contributed by atoms with van der Waals surface area (Å²) in [5, 5.41) is 4.45. The fourth-order valence-corrected chi connectivity index (χ4v) is 3.95. The molecule has 1 atom stereocenters. The van der Waals surface area contributed by atoms with Gasteiger partial charge in [-0.1, -0.05) is 36.4 Å². The van der Waals surface area contributed by atoms with Crippen molar-refractivity contribution in [2.24, 2.45) is 0 Å². The Balaban J connectivity index is 1.59. The van der Waals surface area contributed by atoms with Gasteiger partial charge in [-0.05, 0) is 31.5 Å². The Morgan fingerprint density at radius 1 is 1.13 bits per heavy atom. The van der Waals surface area contributed by atoms with E-state index in [0.29, 0.717) is 17.9 Å². The van der Waals surface area contributed by atoms with Crippen LogP contribution >= 0.6 is 0 Å². The molecule has 1 fully saturated rings. The zero-order valence-electron chi connectivity index (χ0n) is 18.1. The molecule has 1 saturated heterocycles. The van der Waals surface area contributed by atoms with E-state index in [0.717, 1.165) is 44.1 Å². The maximum atomic E-state index is 13.7. The Morgan fingerprint density at radius 2 is 1.87 bits per heavy atom. The van der Waals surface area contributed by atoms with Crippen molar-refractivity contribution in [3.8, 4) is 5.82 Å². The maximum Gasteiger partial charge on any atom is 0.257 e. The standard InChI is InChI=1S/C24H29N5O2/c1-19(17-27-12-14-31-15-13-27)28(18-21-8-4-3-5-9-21)24(30)22-16-26-29(20(22)2)23-10-6-7-11-25-23/h3-11,16,19H,12-15,17-18H2,1-2H3. The number of hydrogen-bond donors (Lipinski definition) is 0. The molecule has 3 heterocycles. The summed E-state index contributed by atoms with van der Waals surface area (Å²) in [5.41, 5.74) is 2.51. The number of nitrogens with zero attached hydrogens (tertiary/aromatic N) is 5. The number of amides is 1. The van der Waals surface area contributed by atoms with Crippen LogP contribution < -0.4 is 0 Å². The van der Waals surface area contributed by atoms with Crippen molar-refractivity contribution in [1.82, 2.24) is 24.6 Å². The second-order valence-corrected chi connectivity index (χ2v) is 7.92. The number of hydrogen-bond acceptors (Lipinski definition) is 5. The highest BCUT2D eigenvalue weighted by Crippen LogP contribution is 2.19. The van der Waals surface area contributed by atoms with E-state index in [4.69, 9.17) is 4.74 Å². The zero-order valence-corrected chi connectivity index (χ0v) is 18.1. The Labute approximate surface area is 183 Å². The fraction of sp³-hybridized carbons (Fsp3) is 0.375. The molecule has 0 radical (unpaired) electrons. The Hall–Kier alpha value is -3.03. The van der Waals surface area contributed by atoms with E-state index in [1.807, 2.05) is 48.2 Å². The number of benzene rings is 1. The summed E-state index contributed by atoms with van der Waals surface area (Å²) >= 11 is 0. The predicted molar refractivity (Wildman–Crippen MR) is 119 cm³/mol. The van der Waals surface area contributed by atoms with Crippen molar-refractivity contribution in [3.63, 3.8) is 0 Å². The summed E-state index contributed by atoms with van der Waals surface area (Å²) in [6, 6.07) is 15.8. The first-order valence-corrected chi connectivity index (χ1v) is 10.7. The van der Waals surface area contributed by atoms with E-state index >= 15 is 0 Å². The molecule has 1 unspecified atom stereocenters. The molecule has 1 aliphatic heterocycles. The van der Waals surface area contributed by atoms with Gasteiger partial charge in [-0.15, -0.1) is 0 Å². The van der Waals surface area contributed by atoms with Crippen LogP contribution in [0.5, 0.6) is 0 Å². The van der Waals surface area contributed by atoms with Crippen molar-refractivity contribution in [3.05, 3.63) is 77.7 Å².